The van der Waals surface area contributed by atoms with E-state index in [2.05, 4.69) is 32.2 Å². The van der Waals surface area contributed by atoms with Crippen LogP contribution in [-0.4, -0.2) is 14.3 Å². The summed E-state index contributed by atoms with van der Waals surface area (Å²) in [5, 5.41) is 0. The van der Waals surface area contributed by atoms with E-state index in [0.29, 0.717) is 0 Å². The number of pyridine rings is 1. The van der Waals surface area contributed by atoms with Crippen LogP contribution in [-0.2, 0) is 11.4 Å². The lowest BCUT2D eigenvalue weighted by atomic mass is 10.1. The summed E-state index contributed by atoms with van der Waals surface area (Å²) in [5.41, 5.74) is 1.05. The van der Waals surface area contributed by atoms with E-state index >= 15 is 0 Å². The van der Waals surface area contributed by atoms with E-state index in [9.17, 15) is 4.55 Å². The SMILES string of the molecule is C=CC[C@H](N[S@+]([O-])C(C)(C)C)c1ccnc(Br)c1. The molecule has 0 saturated heterocycles. The monoisotopic (exact) mass is 330 g/mol. The van der Waals surface area contributed by atoms with Gasteiger partial charge in [-0.3, -0.25) is 0 Å². The van der Waals surface area contributed by atoms with Crippen LogP contribution in [0.5, 0.6) is 0 Å². The van der Waals surface area contributed by atoms with Crippen molar-refractivity contribution in [2.24, 2.45) is 0 Å². The van der Waals surface area contributed by atoms with Crippen molar-refractivity contribution in [2.45, 2.75) is 38.0 Å². The first-order valence-corrected chi connectivity index (χ1v) is 7.69. The van der Waals surface area contributed by atoms with E-state index in [1.165, 1.54) is 0 Å². The Bertz CT molecular complexity index is 406. The summed E-state index contributed by atoms with van der Waals surface area (Å²) in [6.07, 6.45) is 4.28. The van der Waals surface area contributed by atoms with Gasteiger partial charge in [0, 0.05) is 17.6 Å². The molecule has 0 fully saturated rings. The van der Waals surface area contributed by atoms with E-state index in [-0.39, 0.29) is 10.8 Å². The number of rotatable bonds is 5. The maximum Gasteiger partial charge on any atom is 0.136 e. The summed E-state index contributed by atoms with van der Waals surface area (Å²) in [7, 11) is 0. The minimum Gasteiger partial charge on any atom is -0.598 e. The first-order valence-electron chi connectivity index (χ1n) is 5.75. The highest BCUT2D eigenvalue weighted by molar-refractivity contribution is 9.10. The van der Waals surface area contributed by atoms with Crippen molar-refractivity contribution >= 4 is 27.3 Å². The van der Waals surface area contributed by atoms with Gasteiger partial charge in [-0.1, -0.05) is 6.08 Å². The summed E-state index contributed by atoms with van der Waals surface area (Å²) < 4.78 is 15.8. The maximum atomic E-state index is 12.1. The van der Waals surface area contributed by atoms with Crippen LogP contribution in [0.15, 0.2) is 35.6 Å². The van der Waals surface area contributed by atoms with Gasteiger partial charge in [0.15, 0.2) is 0 Å². The molecule has 0 bridgehead atoms. The second kappa shape index (κ2) is 6.70. The van der Waals surface area contributed by atoms with Gasteiger partial charge >= 0.3 is 0 Å². The van der Waals surface area contributed by atoms with Gasteiger partial charge in [-0.15, -0.1) is 11.3 Å². The Morgan fingerprint density at radius 3 is 2.78 bits per heavy atom. The molecule has 2 atom stereocenters. The lowest BCUT2D eigenvalue weighted by Crippen LogP contribution is -2.41. The molecule has 0 radical (unpaired) electrons. The van der Waals surface area contributed by atoms with Gasteiger partial charge < -0.3 is 4.55 Å². The standard InChI is InChI=1S/C13H19BrN2OS/c1-5-6-11(16-18(17)13(2,3)4)10-7-8-15-12(14)9-10/h5,7-9,11,16H,1,6H2,2-4H3/t11-,18+/m0/s1. The molecule has 100 valence electrons. The second-order valence-corrected chi connectivity index (χ2v) is 7.80. The molecule has 18 heavy (non-hydrogen) atoms. The second-order valence-electron chi connectivity index (χ2n) is 4.99. The molecule has 0 saturated carbocycles. The van der Waals surface area contributed by atoms with E-state index in [0.717, 1.165) is 16.6 Å². The summed E-state index contributed by atoms with van der Waals surface area (Å²) in [6.45, 7) is 9.60. The largest absolute Gasteiger partial charge is 0.598 e. The molecule has 5 heteroatoms. The molecule has 3 nitrogen and oxygen atoms in total. The highest BCUT2D eigenvalue weighted by Crippen LogP contribution is 2.23. The van der Waals surface area contributed by atoms with Gasteiger partial charge in [0.05, 0.1) is 6.04 Å². The van der Waals surface area contributed by atoms with Crippen LogP contribution >= 0.6 is 15.9 Å². The quantitative estimate of drug-likeness (QED) is 0.510. The lowest BCUT2D eigenvalue weighted by Gasteiger charge is -2.27. The third-order valence-corrected chi connectivity index (χ3v) is 4.41. The molecule has 1 heterocycles. The summed E-state index contributed by atoms with van der Waals surface area (Å²) in [6, 6.07) is 3.84. The Labute approximate surface area is 121 Å². The van der Waals surface area contributed by atoms with Crippen molar-refractivity contribution in [3.8, 4) is 0 Å². The number of nitrogens with zero attached hydrogens (tertiary/aromatic N) is 1. The summed E-state index contributed by atoms with van der Waals surface area (Å²) in [5.74, 6) is 0. The van der Waals surface area contributed by atoms with Crippen molar-refractivity contribution in [3.05, 3.63) is 41.2 Å². The fourth-order valence-electron chi connectivity index (χ4n) is 1.36. The van der Waals surface area contributed by atoms with Crippen molar-refractivity contribution in [3.63, 3.8) is 0 Å². The average Bonchev–Trinajstić information content (AvgIpc) is 2.27. The minimum absolute atomic E-state index is 0.0122. The van der Waals surface area contributed by atoms with Crippen LogP contribution in [0.4, 0.5) is 0 Å². The fourth-order valence-corrected chi connectivity index (χ4v) is 2.59. The molecule has 0 aromatic carbocycles. The normalized spacial score (nSPS) is 15.2. The van der Waals surface area contributed by atoms with Crippen LogP contribution < -0.4 is 4.72 Å². The molecule has 1 N–H and O–H groups in total. The first kappa shape index (κ1) is 15.7. The average molecular weight is 331 g/mol. The Balaban J connectivity index is 2.86. The summed E-state index contributed by atoms with van der Waals surface area (Å²) >= 11 is 2.24. The topological polar surface area (TPSA) is 48.0 Å². The van der Waals surface area contributed by atoms with Crippen molar-refractivity contribution < 1.29 is 4.55 Å². The highest BCUT2D eigenvalue weighted by Gasteiger charge is 2.29. The third-order valence-electron chi connectivity index (χ3n) is 2.36. The zero-order valence-electron chi connectivity index (χ0n) is 10.9. The van der Waals surface area contributed by atoms with Gasteiger partial charge in [-0.05, 0) is 60.8 Å². The van der Waals surface area contributed by atoms with Gasteiger partial charge in [0.1, 0.15) is 9.35 Å². The Morgan fingerprint density at radius 1 is 1.61 bits per heavy atom. The Kier molecular flexibility index (Phi) is 5.85. The maximum absolute atomic E-state index is 12.1. The molecule has 0 spiro atoms. The smallest absolute Gasteiger partial charge is 0.136 e. The van der Waals surface area contributed by atoms with Crippen LogP contribution in [0.3, 0.4) is 0 Å². The van der Waals surface area contributed by atoms with Gasteiger partial charge in [-0.25, -0.2) is 4.98 Å². The van der Waals surface area contributed by atoms with Crippen molar-refractivity contribution in [1.29, 1.82) is 0 Å². The zero-order chi connectivity index (χ0) is 13.8. The van der Waals surface area contributed by atoms with Crippen LogP contribution in [0, 0.1) is 0 Å². The number of halogens is 1. The number of hydrogen-bond acceptors (Lipinski definition) is 3. The molecule has 0 aliphatic carbocycles. The Hall–Kier alpha value is -0.360. The van der Waals surface area contributed by atoms with Gasteiger partial charge in [-0.2, -0.15) is 0 Å². The van der Waals surface area contributed by atoms with E-state index in [1.54, 1.807) is 6.20 Å². The zero-order valence-corrected chi connectivity index (χ0v) is 13.3. The van der Waals surface area contributed by atoms with Crippen LogP contribution in [0.1, 0.15) is 38.8 Å². The molecule has 0 unspecified atom stereocenters. The van der Waals surface area contributed by atoms with Gasteiger partial charge in [0.2, 0.25) is 0 Å². The Morgan fingerprint density at radius 2 is 2.28 bits per heavy atom. The summed E-state index contributed by atoms with van der Waals surface area (Å²) in [4.78, 5) is 4.10. The molecule has 0 aliphatic heterocycles. The number of aromatic nitrogens is 1. The fraction of sp³-hybridized carbons (Fsp3) is 0.462. The van der Waals surface area contributed by atoms with Crippen LogP contribution in [0.2, 0.25) is 0 Å². The van der Waals surface area contributed by atoms with E-state index in [4.69, 9.17) is 0 Å². The number of hydrogen-bond donors (Lipinski definition) is 1. The third kappa shape index (κ3) is 4.72. The van der Waals surface area contributed by atoms with E-state index in [1.807, 2.05) is 39.0 Å². The van der Waals surface area contributed by atoms with Crippen molar-refractivity contribution in [1.82, 2.24) is 9.71 Å². The van der Waals surface area contributed by atoms with Gasteiger partial charge in [0.25, 0.3) is 0 Å². The molecular weight excluding hydrogens is 312 g/mol. The molecule has 0 amide bonds. The predicted octanol–water partition coefficient (Wildman–Crippen LogP) is 3.51. The highest BCUT2D eigenvalue weighted by atomic mass is 79.9. The first-order chi connectivity index (χ1) is 8.34. The molecule has 1 aromatic rings. The lowest BCUT2D eigenvalue weighted by molar-refractivity contribution is 0.524. The molecular formula is C13H19BrN2OS. The molecule has 1 aromatic heterocycles. The number of nitrogens with one attached hydrogen (secondary N) is 1. The van der Waals surface area contributed by atoms with E-state index < -0.39 is 11.4 Å². The minimum atomic E-state index is -1.11. The van der Waals surface area contributed by atoms with Crippen LogP contribution in [0.25, 0.3) is 0 Å². The predicted molar refractivity (Wildman–Crippen MR) is 80.5 cm³/mol. The molecule has 0 aliphatic rings. The molecule has 1 rings (SSSR count). The van der Waals surface area contributed by atoms with Crippen molar-refractivity contribution in [2.75, 3.05) is 0 Å².